The first-order chi connectivity index (χ1) is 9.83. The predicted molar refractivity (Wildman–Crippen MR) is 82.1 cm³/mol. The van der Waals surface area contributed by atoms with E-state index in [1.165, 1.54) is 5.56 Å². The van der Waals surface area contributed by atoms with Gasteiger partial charge in [-0.1, -0.05) is 18.2 Å². The molecular formula is C17H22N2O2. The minimum absolute atomic E-state index is 0.0331. The van der Waals surface area contributed by atoms with E-state index in [-0.39, 0.29) is 17.4 Å². The van der Waals surface area contributed by atoms with Crippen LogP contribution < -0.4 is 10.2 Å². The van der Waals surface area contributed by atoms with Crippen LogP contribution in [0.2, 0.25) is 0 Å². The van der Waals surface area contributed by atoms with Crippen molar-refractivity contribution < 1.29 is 9.59 Å². The third-order valence-corrected chi connectivity index (χ3v) is 4.21. The average Bonchev–Trinajstić information content (AvgIpc) is 3.11. The molecule has 112 valence electrons. The third kappa shape index (κ3) is 2.43. The molecule has 4 nitrogen and oxygen atoms in total. The summed E-state index contributed by atoms with van der Waals surface area (Å²) in [4.78, 5) is 27.2. The molecule has 0 unspecified atom stereocenters. The molecule has 1 aliphatic heterocycles. The summed E-state index contributed by atoms with van der Waals surface area (Å²) < 4.78 is 0. The lowest BCUT2D eigenvalue weighted by Crippen LogP contribution is -2.50. The summed E-state index contributed by atoms with van der Waals surface area (Å²) in [6.45, 7) is 6.51. The number of carbonyl (C=O) groups excluding carboxylic acids is 2. The van der Waals surface area contributed by atoms with Gasteiger partial charge in [-0.05, 0) is 51.7 Å². The molecule has 4 heteroatoms. The maximum atomic E-state index is 12.9. The number of anilines is 1. The zero-order chi connectivity index (χ0) is 15.3. The van der Waals surface area contributed by atoms with Crippen LogP contribution in [0.1, 0.15) is 39.2 Å². The second kappa shape index (κ2) is 4.58. The highest BCUT2D eigenvalue weighted by molar-refractivity contribution is 6.14. The first-order valence-corrected chi connectivity index (χ1v) is 7.56. The summed E-state index contributed by atoms with van der Waals surface area (Å²) in [5.41, 5.74) is 1.02. The van der Waals surface area contributed by atoms with Gasteiger partial charge < -0.3 is 10.2 Å². The van der Waals surface area contributed by atoms with Gasteiger partial charge in [-0.15, -0.1) is 0 Å². The van der Waals surface area contributed by atoms with Crippen molar-refractivity contribution in [2.75, 3.05) is 11.4 Å². The van der Waals surface area contributed by atoms with E-state index in [1.807, 2.05) is 39.0 Å². The van der Waals surface area contributed by atoms with Gasteiger partial charge in [0.2, 0.25) is 11.8 Å². The number of hydrogen-bond acceptors (Lipinski definition) is 2. The summed E-state index contributed by atoms with van der Waals surface area (Å²) >= 11 is 0. The van der Waals surface area contributed by atoms with Crippen molar-refractivity contribution in [2.45, 2.75) is 45.6 Å². The van der Waals surface area contributed by atoms with Crippen LogP contribution in [0.3, 0.4) is 0 Å². The second-order valence-electron chi connectivity index (χ2n) is 7.12. The van der Waals surface area contributed by atoms with Crippen molar-refractivity contribution in [3.8, 4) is 0 Å². The first kappa shape index (κ1) is 14.1. The van der Waals surface area contributed by atoms with Gasteiger partial charge in [0, 0.05) is 17.8 Å². The fourth-order valence-electron chi connectivity index (χ4n) is 2.93. The van der Waals surface area contributed by atoms with Crippen molar-refractivity contribution in [3.63, 3.8) is 0 Å². The molecule has 2 amide bonds. The van der Waals surface area contributed by atoms with Gasteiger partial charge in [0.15, 0.2) is 0 Å². The van der Waals surface area contributed by atoms with E-state index in [4.69, 9.17) is 0 Å². The monoisotopic (exact) mass is 286 g/mol. The molecule has 1 fully saturated rings. The third-order valence-electron chi connectivity index (χ3n) is 4.21. The van der Waals surface area contributed by atoms with Crippen LogP contribution in [0.15, 0.2) is 24.3 Å². The molecule has 0 radical (unpaired) electrons. The van der Waals surface area contributed by atoms with Gasteiger partial charge in [-0.2, -0.15) is 0 Å². The topological polar surface area (TPSA) is 49.4 Å². The molecule has 2 aliphatic rings. The van der Waals surface area contributed by atoms with Crippen LogP contribution in [-0.4, -0.2) is 23.9 Å². The number of nitrogens with one attached hydrogen (secondary N) is 1. The maximum absolute atomic E-state index is 12.9. The molecule has 21 heavy (non-hydrogen) atoms. The Morgan fingerprint density at radius 2 is 1.86 bits per heavy atom. The zero-order valence-electron chi connectivity index (χ0n) is 12.9. The Morgan fingerprint density at radius 3 is 2.48 bits per heavy atom. The number of amides is 2. The molecule has 1 aromatic carbocycles. The molecule has 1 heterocycles. The SMILES string of the molecule is CC(C)(C)NC(=O)C1(C(=O)N2CCc3ccccc32)CC1. The number of rotatable bonds is 2. The van der Waals surface area contributed by atoms with Crippen molar-refractivity contribution in [1.29, 1.82) is 0 Å². The molecule has 1 aromatic rings. The molecule has 0 spiro atoms. The molecule has 1 saturated carbocycles. The number of benzene rings is 1. The highest BCUT2D eigenvalue weighted by atomic mass is 16.2. The van der Waals surface area contributed by atoms with Crippen LogP contribution >= 0.6 is 0 Å². The lowest BCUT2D eigenvalue weighted by molar-refractivity contribution is -0.136. The van der Waals surface area contributed by atoms with Crippen LogP contribution in [0, 0.1) is 5.41 Å². The van der Waals surface area contributed by atoms with Gasteiger partial charge in [-0.3, -0.25) is 9.59 Å². The second-order valence-corrected chi connectivity index (χ2v) is 7.12. The van der Waals surface area contributed by atoms with Crippen LogP contribution in [0.25, 0.3) is 0 Å². The molecule has 0 aromatic heterocycles. The van der Waals surface area contributed by atoms with Gasteiger partial charge >= 0.3 is 0 Å². The van der Waals surface area contributed by atoms with Gasteiger partial charge in [-0.25, -0.2) is 0 Å². The van der Waals surface area contributed by atoms with Crippen LogP contribution in [-0.2, 0) is 16.0 Å². The van der Waals surface area contributed by atoms with E-state index in [0.29, 0.717) is 19.4 Å². The van der Waals surface area contributed by atoms with Crippen molar-refractivity contribution in [1.82, 2.24) is 5.32 Å². The number of para-hydroxylation sites is 1. The number of carbonyl (C=O) groups is 2. The van der Waals surface area contributed by atoms with Crippen molar-refractivity contribution >= 4 is 17.5 Å². The van der Waals surface area contributed by atoms with Gasteiger partial charge in [0.05, 0.1) is 0 Å². The number of fused-ring (bicyclic) bond motifs is 1. The Balaban J connectivity index is 1.82. The summed E-state index contributed by atoms with van der Waals surface area (Å²) in [5, 5.41) is 2.96. The van der Waals surface area contributed by atoms with Gasteiger partial charge in [0.25, 0.3) is 0 Å². The first-order valence-electron chi connectivity index (χ1n) is 7.56. The molecule has 0 saturated heterocycles. The Kier molecular flexibility index (Phi) is 3.08. The molecule has 1 aliphatic carbocycles. The molecule has 1 N–H and O–H groups in total. The highest BCUT2D eigenvalue weighted by Gasteiger charge is 2.59. The number of hydrogen-bond donors (Lipinski definition) is 1. The van der Waals surface area contributed by atoms with Crippen molar-refractivity contribution in [3.05, 3.63) is 29.8 Å². The summed E-state index contributed by atoms with van der Waals surface area (Å²) in [6, 6.07) is 7.96. The van der Waals surface area contributed by atoms with E-state index in [0.717, 1.165) is 12.1 Å². The standard InChI is InChI=1S/C17H22N2O2/c1-16(2,3)18-14(20)17(9-10-17)15(21)19-11-8-12-6-4-5-7-13(12)19/h4-7H,8-11H2,1-3H3,(H,18,20). The Morgan fingerprint density at radius 1 is 1.19 bits per heavy atom. The summed E-state index contributed by atoms with van der Waals surface area (Å²) in [7, 11) is 0. The lowest BCUT2D eigenvalue weighted by atomic mass is 10.0. The van der Waals surface area contributed by atoms with Crippen LogP contribution in [0.5, 0.6) is 0 Å². The fourth-order valence-corrected chi connectivity index (χ4v) is 2.93. The quantitative estimate of drug-likeness (QED) is 0.848. The fraction of sp³-hybridized carbons (Fsp3) is 0.529. The van der Waals surface area contributed by atoms with E-state index >= 15 is 0 Å². The lowest BCUT2D eigenvalue weighted by Gasteiger charge is -2.27. The molecule has 0 atom stereocenters. The minimum atomic E-state index is -0.829. The van der Waals surface area contributed by atoms with E-state index in [2.05, 4.69) is 11.4 Å². The highest BCUT2D eigenvalue weighted by Crippen LogP contribution is 2.49. The van der Waals surface area contributed by atoms with Crippen LogP contribution in [0.4, 0.5) is 5.69 Å². The average molecular weight is 286 g/mol. The van der Waals surface area contributed by atoms with Gasteiger partial charge in [0.1, 0.15) is 5.41 Å². The number of nitrogens with zero attached hydrogens (tertiary/aromatic N) is 1. The minimum Gasteiger partial charge on any atom is -0.351 e. The summed E-state index contributed by atoms with van der Waals surface area (Å²) in [6.07, 6.45) is 2.19. The molecule has 0 bridgehead atoms. The smallest absolute Gasteiger partial charge is 0.242 e. The largest absolute Gasteiger partial charge is 0.351 e. The Labute approximate surface area is 125 Å². The Hall–Kier alpha value is -1.84. The van der Waals surface area contributed by atoms with E-state index < -0.39 is 5.41 Å². The van der Waals surface area contributed by atoms with Crippen molar-refractivity contribution in [2.24, 2.45) is 5.41 Å². The molecule has 3 rings (SSSR count). The van der Waals surface area contributed by atoms with E-state index in [1.54, 1.807) is 4.90 Å². The summed E-state index contributed by atoms with van der Waals surface area (Å²) in [5.74, 6) is -0.154. The van der Waals surface area contributed by atoms with E-state index in [9.17, 15) is 9.59 Å². The maximum Gasteiger partial charge on any atom is 0.242 e. The Bertz CT molecular complexity index is 597. The predicted octanol–water partition coefficient (Wildman–Crippen LogP) is 2.27. The zero-order valence-corrected chi connectivity index (χ0v) is 12.9. The normalized spacial score (nSPS) is 19.1. The molecular weight excluding hydrogens is 264 g/mol.